The van der Waals surface area contributed by atoms with Crippen molar-refractivity contribution in [1.29, 1.82) is 0 Å². The number of nitro benzene ring substituents is 1. The van der Waals surface area contributed by atoms with Crippen LogP contribution >= 0.6 is 0 Å². The largest absolute Gasteiger partial charge is 0.462 e. The van der Waals surface area contributed by atoms with Crippen LogP contribution in [-0.4, -0.2) is 31.0 Å². The number of hydrogen-bond acceptors (Lipinski definition) is 5. The molecule has 0 N–H and O–H groups in total. The van der Waals surface area contributed by atoms with Crippen LogP contribution in [0.3, 0.4) is 0 Å². The molecule has 1 aromatic rings. The van der Waals surface area contributed by atoms with Gasteiger partial charge in [0.15, 0.2) is 0 Å². The standard InChI is InChI=1S/C10H10N2O5/c1-11(9(13)10(14)17-2)7-3-5-8(6-4-7)12(15)16/h3-6H,1-2H3. The van der Waals surface area contributed by atoms with Crippen molar-refractivity contribution < 1.29 is 19.2 Å². The van der Waals surface area contributed by atoms with Crippen LogP contribution in [0.4, 0.5) is 11.4 Å². The monoisotopic (exact) mass is 238 g/mol. The predicted octanol–water partition coefficient (Wildman–Crippen LogP) is 0.731. The Morgan fingerprint density at radius 1 is 1.29 bits per heavy atom. The summed E-state index contributed by atoms with van der Waals surface area (Å²) in [7, 11) is 2.48. The van der Waals surface area contributed by atoms with Gasteiger partial charge in [0.1, 0.15) is 0 Å². The fourth-order valence-electron chi connectivity index (χ4n) is 1.14. The van der Waals surface area contributed by atoms with Crippen LogP contribution in [0.5, 0.6) is 0 Å². The summed E-state index contributed by atoms with van der Waals surface area (Å²) in [5.41, 5.74) is 0.277. The number of non-ortho nitro benzene ring substituents is 1. The first-order valence-corrected chi connectivity index (χ1v) is 4.58. The number of benzene rings is 1. The highest BCUT2D eigenvalue weighted by Gasteiger charge is 2.20. The minimum atomic E-state index is -0.995. The van der Waals surface area contributed by atoms with Gasteiger partial charge in [0.05, 0.1) is 12.0 Å². The normalized spacial score (nSPS) is 9.53. The maximum absolute atomic E-state index is 11.4. The molecule has 90 valence electrons. The van der Waals surface area contributed by atoms with E-state index < -0.39 is 16.8 Å². The topological polar surface area (TPSA) is 89.8 Å². The number of esters is 1. The SMILES string of the molecule is COC(=O)C(=O)N(C)c1ccc([N+](=O)[O-])cc1. The molecule has 7 nitrogen and oxygen atoms in total. The van der Waals surface area contributed by atoms with Crippen LogP contribution in [0.15, 0.2) is 24.3 Å². The third kappa shape index (κ3) is 2.77. The molecule has 0 saturated heterocycles. The number of rotatable bonds is 2. The third-order valence-corrected chi connectivity index (χ3v) is 2.11. The van der Waals surface area contributed by atoms with Crippen molar-refractivity contribution in [2.24, 2.45) is 0 Å². The Morgan fingerprint density at radius 3 is 2.24 bits per heavy atom. The van der Waals surface area contributed by atoms with Gasteiger partial charge in [-0.3, -0.25) is 14.9 Å². The van der Waals surface area contributed by atoms with E-state index in [4.69, 9.17) is 0 Å². The molecule has 0 unspecified atom stereocenters. The molecule has 1 rings (SSSR count). The van der Waals surface area contributed by atoms with Gasteiger partial charge in [-0.1, -0.05) is 0 Å². The summed E-state index contributed by atoms with van der Waals surface area (Å²) in [6.45, 7) is 0. The third-order valence-electron chi connectivity index (χ3n) is 2.11. The number of likely N-dealkylation sites (N-methyl/N-ethyl adjacent to an activating group) is 1. The van der Waals surface area contributed by atoms with Crippen LogP contribution in [0.2, 0.25) is 0 Å². The average Bonchev–Trinajstić information content (AvgIpc) is 2.36. The van der Waals surface area contributed by atoms with Gasteiger partial charge in [-0.25, -0.2) is 4.79 Å². The summed E-state index contributed by atoms with van der Waals surface area (Å²) in [6.07, 6.45) is 0. The summed E-state index contributed by atoms with van der Waals surface area (Å²) < 4.78 is 4.28. The van der Waals surface area contributed by atoms with Gasteiger partial charge in [-0.2, -0.15) is 0 Å². The Morgan fingerprint density at radius 2 is 1.82 bits per heavy atom. The summed E-state index contributed by atoms with van der Waals surface area (Å²) >= 11 is 0. The number of ether oxygens (including phenoxy) is 1. The van der Waals surface area contributed by atoms with Crippen molar-refractivity contribution in [3.05, 3.63) is 34.4 Å². The molecule has 0 fully saturated rings. The molecule has 0 aliphatic carbocycles. The van der Waals surface area contributed by atoms with Crippen molar-refractivity contribution >= 4 is 23.3 Å². The minimum Gasteiger partial charge on any atom is -0.462 e. The van der Waals surface area contributed by atoms with E-state index in [-0.39, 0.29) is 5.69 Å². The lowest BCUT2D eigenvalue weighted by atomic mass is 10.2. The van der Waals surface area contributed by atoms with E-state index in [1.165, 1.54) is 31.3 Å². The van der Waals surface area contributed by atoms with Gasteiger partial charge >= 0.3 is 11.9 Å². The van der Waals surface area contributed by atoms with Gasteiger partial charge in [-0.05, 0) is 12.1 Å². The number of hydrogen-bond donors (Lipinski definition) is 0. The Bertz CT molecular complexity index is 454. The molecular weight excluding hydrogens is 228 g/mol. The van der Waals surface area contributed by atoms with Gasteiger partial charge < -0.3 is 9.64 Å². The highest BCUT2D eigenvalue weighted by Crippen LogP contribution is 2.18. The zero-order chi connectivity index (χ0) is 13.0. The predicted molar refractivity (Wildman–Crippen MR) is 58.5 cm³/mol. The van der Waals surface area contributed by atoms with E-state index in [1.54, 1.807) is 0 Å². The maximum atomic E-state index is 11.4. The Kier molecular flexibility index (Phi) is 3.76. The first kappa shape index (κ1) is 12.6. The molecule has 0 bridgehead atoms. The highest BCUT2D eigenvalue weighted by atomic mass is 16.6. The molecule has 17 heavy (non-hydrogen) atoms. The average molecular weight is 238 g/mol. The van der Waals surface area contributed by atoms with Crippen LogP contribution < -0.4 is 4.90 Å². The Labute approximate surface area is 96.7 Å². The smallest absolute Gasteiger partial charge is 0.397 e. The van der Waals surface area contributed by atoms with Crippen molar-refractivity contribution in [2.75, 3.05) is 19.1 Å². The molecule has 0 aliphatic heterocycles. The van der Waals surface area contributed by atoms with E-state index in [0.717, 1.165) is 12.0 Å². The number of nitro groups is 1. The molecule has 1 amide bonds. The second kappa shape index (κ2) is 5.06. The van der Waals surface area contributed by atoms with Crippen molar-refractivity contribution in [3.63, 3.8) is 0 Å². The van der Waals surface area contributed by atoms with Crippen molar-refractivity contribution in [1.82, 2.24) is 0 Å². The van der Waals surface area contributed by atoms with Gasteiger partial charge in [0.2, 0.25) is 0 Å². The lowest BCUT2D eigenvalue weighted by Crippen LogP contribution is -2.33. The summed E-state index contributed by atoms with van der Waals surface area (Å²) in [5.74, 6) is -1.84. The highest BCUT2D eigenvalue weighted by molar-refractivity contribution is 6.37. The first-order chi connectivity index (χ1) is 7.97. The number of methoxy groups -OCH3 is 1. The number of carbonyl (C=O) groups is 2. The van der Waals surface area contributed by atoms with Crippen LogP contribution in [-0.2, 0) is 14.3 Å². The minimum absolute atomic E-state index is 0.0901. The van der Waals surface area contributed by atoms with E-state index in [9.17, 15) is 19.7 Å². The number of nitrogens with zero attached hydrogens (tertiary/aromatic N) is 2. The molecule has 0 atom stereocenters. The number of carbonyl (C=O) groups excluding carboxylic acids is 2. The fraction of sp³-hybridized carbons (Fsp3) is 0.200. The van der Waals surface area contributed by atoms with E-state index in [2.05, 4.69) is 4.74 Å². The molecule has 0 spiro atoms. The van der Waals surface area contributed by atoms with Gasteiger partial charge in [0, 0.05) is 24.9 Å². The second-order valence-electron chi connectivity index (χ2n) is 3.13. The summed E-state index contributed by atoms with van der Waals surface area (Å²) in [6, 6.07) is 5.24. The molecule has 1 aromatic carbocycles. The fourth-order valence-corrected chi connectivity index (χ4v) is 1.14. The van der Waals surface area contributed by atoms with Crippen LogP contribution in [0.1, 0.15) is 0 Å². The van der Waals surface area contributed by atoms with Crippen LogP contribution in [0.25, 0.3) is 0 Å². The summed E-state index contributed by atoms with van der Waals surface area (Å²) in [5, 5.41) is 10.4. The molecule has 0 aliphatic rings. The molecule has 0 saturated carbocycles. The van der Waals surface area contributed by atoms with E-state index in [1.807, 2.05) is 0 Å². The number of anilines is 1. The second-order valence-corrected chi connectivity index (χ2v) is 3.13. The van der Waals surface area contributed by atoms with E-state index >= 15 is 0 Å². The van der Waals surface area contributed by atoms with Crippen molar-refractivity contribution in [3.8, 4) is 0 Å². The lowest BCUT2D eigenvalue weighted by molar-refractivity contribution is -0.384. The van der Waals surface area contributed by atoms with Crippen molar-refractivity contribution in [2.45, 2.75) is 0 Å². The molecule has 0 radical (unpaired) electrons. The lowest BCUT2D eigenvalue weighted by Gasteiger charge is -2.15. The quantitative estimate of drug-likeness (QED) is 0.328. The van der Waals surface area contributed by atoms with Gasteiger partial charge in [-0.15, -0.1) is 0 Å². The first-order valence-electron chi connectivity index (χ1n) is 4.58. The van der Waals surface area contributed by atoms with Gasteiger partial charge in [0.25, 0.3) is 5.69 Å². The zero-order valence-corrected chi connectivity index (χ0v) is 9.25. The Balaban J connectivity index is 2.90. The molecule has 0 heterocycles. The van der Waals surface area contributed by atoms with E-state index in [0.29, 0.717) is 5.69 Å². The Hall–Kier alpha value is -2.44. The maximum Gasteiger partial charge on any atom is 0.397 e. The molecule has 7 heteroatoms. The molecular formula is C10H10N2O5. The van der Waals surface area contributed by atoms with Crippen LogP contribution in [0, 0.1) is 10.1 Å². The number of amides is 1. The summed E-state index contributed by atoms with van der Waals surface area (Å²) in [4.78, 5) is 33.3. The zero-order valence-electron chi connectivity index (χ0n) is 9.25. The molecule has 0 aromatic heterocycles.